The summed E-state index contributed by atoms with van der Waals surface area (Å²) in [4.78, 5) is 17.0. The Bertz CT molecular complexity index is 1290. The summed E-state index contributed by atoms with van der Waals surface area (Å²) in [6.07, 6.45) is 0. The van der Waals surface area contributed by atoms with Gasteiger partial charge in [0.25, 0.3) is 0 Å². The average Bonchev–Trinajstić information content (AvgIpc) is 3.43. The lowest BCUT2D eigenvalue weighted by Crippen LogP contribution is -2.14. The van der Waals surface area contributed by atoms with Crippen molar-refractivity contribution in [3.63, 3.8) is 0 Å². The minimum absolute atomic E-state index is 0.0991. The second-order valence-corrected chi connectivity index (χ2v) is 11.6. The molecule has 0 saturated heterocycles. The molecule has 0 bridgehead atoms. The van der Waals surface area contributed by atoms with Gasteiger partial charge in [-0.3, -0.25) is 4.79 Å². The van der Waals surface area contributed by atoms with Gasteiger partial charge in [0.15, 0.2) is 16.1 Å². The van der Waals surface area contributed by atoms with Crippen molar-refractivity contribution in [3.05, 3.63) is 69.8 Å². The van der Waals surface area contributed by atoms with Gasteiger partial charge in [-0.2, -0.15) is 0 Å². The van der Waals surface area contributed by atoms with E-state index in [2.05, 4.69) is 69.3 Å². The minimum Gasteiger partial charge on any atom is -0.486 e. The van der Waals surface area contributed by atoms with Gasteiger partial charge >= 0.3 is 0 Å². The molecule has 0 radical (unpaired) electrons. The molecule has 10 heteroatoms. The maximum Gasteiger partial charge on any atom is 0.236 e. The van der Waals surface area contributed by atoms with Crippen LogP contribution in [0.3, 0.4) is 0 Å². The zero-order valence-electron chi connectivity index (χ0n) is 19.9. The molecule has 0 spiro atoms. The van der Waals surface area contributed by atoms with E-state index in [1.54, 1.807) is 0 Å². The summed E-state index contributed by atoms with van der Waals surface area (Å²) in [5.41, 5.74) is 3.18. The summed E-state index contributed by atoms with van der Waals surface area (Å²) in [6, 6.07) is 16.0. The van der Waals surface area contributed by atoms with Crippen molar-refractivity contribution >= 4 is 50.1 Å². The van der Waals surface area contributed by atoms with Crippen LogP contribution in [-0.2, 0) is 23.9 Å². The zero-order chi connectivity index (χ0) is 25.0. The summed E-state index contributed by atoms with van der Waals surface area (Å²) in [5, 5.41) is 14.4. The molecule has 2 aromatic carbocycles. The van der Waals surface area contributed by atoms with Crippen molar-refractivity contribution in [3.8, 4) is 17.0 Å². The van der Waals surface area contributed by atoms with E-state index < -0.39 is 0 Å². The Hall–Kier alpha value is -2.69. The van der Waals surface area contributed by atoms with Gasteiger partial charge in [-0.05, 0) is 35.2 Å². The fraction of sp³-hybridized carbons (Fsp3) is 0.280. The van der Waals surface area contributed by atoms with Crippen LogP contribution >= 0.6 is 39.0 Å². The molecule has 0 aliphatic heterocycles. The Morgan fingerprint density at radius 2 is 1.83 bits per heavy atom. The molecular formula is C25H26BrN5O2S2. The smallest absolute Gasteiger partial charge is 0.236 e. The fourth-order valence-electron chi connectivity index (χ4n) is 3.17. The van der Waals surface area contributed by atoms with Crippen LogP contribution in [0.5, 0.6) is 5.75 Å². The second-order valence-electron chi connectivity index (χ2n) is 8.90. The minimum atomic E-state index is -0.147. The van der Waals surface area contributed by atoms with E-state index in [1.165, 1.54) is 28.7 Å². The maximum absolute atomic E-state index is 12.4. The Morgan fingerprint density at radius 3 is 2.51 bits per heavy atom. The van der Waals surface area contributed by atoms with Gasteiger partial charge in [0.2, 0.25) is 5.91 Å². The highest BCUT2D eigenvalue weighted by molar-refractivity contribution is 9.10. The molecule has 0 atom stereocenters. The molecule has 0 aliphatic carbocycles. The number of halogens is 1. The molecule has 4 aromatic rings. The number of hydrogen-bond acceptors (Lipinski definition) is 7. The molecule has 2 aromatic heterocycles. The summed E-state index contributed by atoms with van der Waals surface area (Å²) in [5.74, 6) is 1.52. The number of thiazole rings is 1. The lowest BCUT2D eigenvalue weighted by atomic mass is 9.87. The molecule has 1 amide bonds. The van der Waals surface area contributed by atoms with Crippen molar-refractivity contribution in [2.75, 3.05) is 11.1 Å². The number of rotatable bonds is 8. The molecule has 0 fully saturated rings. The van der Waals surface area contributed by atoms with Crippen LogP contribution in [-0.4, -0.2) is 31.4 Å². The van der Waals surface area contributed by atoms with E-state index >= 15 is 0 Å². The molecular weight excluding hydrogens is 546 g/mol. The highest BCUT2D eigenvalue weighted by atomic mass is 79.9. The third-order valence-electron chi connectivity index (χ3n) is 5.24. The van der Waals surface area contributed by atoms with Gasteiger partial charge in [0, 0.05) is 22.5 Å². The van der Waals surface area contributed by atoms with E-state index in [4.69, 9.17) is 4.74 Å². The SMILES string of the molecule is Cn1c(COc2ccc(C(C)(C)C)cc2)nnc1SCC(=O)Nc1nc(-c2ccc(Br)cc2)cs1. The van der Waals surface area contributed by atoms with Crippen LogP contribution in [0.1, 0.15) is 32.2 Å². The number of amides is 1. The topological polar surface area (TPSA) is 81.9 Å². The quantitative estimate of drug-likeness (QED) is 0.249. The van der Waals surface area contributed by atoms with E-state index in [9.17, 15) is 4.79 Å². The van der Waals surface area contributed by atoms with Crippen molar-refractivity contribution in [1.29, 1.82) is 0 Å². The summed E-state index contributed by atoms with van der Waals surface area (Å²) < 4.78 is 8.74. The normalized spacial score (nSPS) is 11.5. The summed E-state index contributed by atoms with van der Waals surface area (Å²) >= 11 is 6.15. The molecule has 7 nitrogen and oxygen atoms in total. The Morgan fingerprint density at radius 1 is 1.11 bits per heavy atom. The number of carbonyl (C=O) groups is 1. The Balaban J connectivity index is 1.28. The van der Waals surface area contributed by atoms with Crippen LogP contribution in [0.4, 0.5) is 5.13 Å². The van der Waals surface area contributed by atoms with E-state index in [1.807, 2.05) is 53.4 Å². The van der Waals surface area contributed by atoms with Gasteiger partial charge in [-0.1, -0.05) is 72.7 Å². The number of thioether (sulfide) groups is 1. The molecule has 4 rings (SSSR count). The first-order chi connectivity index (χ1) is 16.7. The number of anilines is 1. The number of nitrogens with zero attached hydrogens (tertiary/aromatic N) is 4. The van der Waals surface area contributed by atoms with Crippen LogP contribution in [0.15, 0.2) is 63.5 Å². The zero-order valence-corrected chi connectivity index (χ0v) is 23.1. The molecule has 1 N–H and O–H groups in total. The number of nitrogens with one attached hydrogen (secondary N) is 1. The lowest BCUT2D eigenvalue weighted by molar-refractivity contribution is -0.113. The average molecular weight is 573 g/mol. The first kappa shape index (κ1) is 25.4. The van der Waals surface area contributed by atoms with Crippen LogP contribution < -0.4 is 10.1 Å². The van der Waals surface area contributed by atoms with E-state index in [0.29, 0.717) is 22.7 Å². The first-order valence-electron chi connectivity index (χ1n) is 10.9. The molecule has 0 saturated carbocycles. The predicted molar refractivity (Wildman–Crippen MR) is 145 cm³/mol. The third-order valence-corrected chi connectivity index (χ3v) is 7.54. The van der Waals surface area contributed by atoms with Crippen LogP contribution in [0, 0.1) is 0 Å². The van der Waals surface area contributed by atoms with Crippen LogP contribution in [0.25, 0.3) is 11.3 Å². The first-order valence-corrected chi connectivity index (χ1v) is 13.6. The van der Waals surface area contributed by atoms with E-state index in [-0.39, 0.29) is 17.1 Å². The van der Waals surface area contributed by atoms with Gasteiger partial charge < -0.3 is 14.6 Å². The van der Waals surface area contributed by atoms with Gasteiger partial charge in [-0.15, -0.1) is 21.5 Å². The second kappa shape index (κ2) is 10.9. The summed E-state index contributed by atoms with van der Waals surface area (Å²) in [6.45, 7) is 6.84. The predicted octanol–water partition coefficient (Wildman–Crippen LogP) is 6.31. The number of benzene rings is 2. The van der Waals surface area contributed by atoms with E-state index in [0.717, 1.165) is 21.5 Å². The largest absolute Gasteiger partial charge is 0.486 e. The molecule has 35 heavy (non-hydrogen) atoms. The molecule has 2 heterocycles. The number of ether oxygens (including phenoxy) is 1. The number of hydrogen-bond donors (Lipinski definition) is 1. The Kier molecular flexibility index (Phi) is 7.93. The lowest BCUT2D eigenvalue weighted by Gasteiger charge is -2.19. The molecule has 182 valence electrons. The number of carbonyl (C=O) groups excluding carboxylic acids is 1. The van der Waals surface area contributed by atoms with Crippen molar-refractivity contribution < 1.29 is 9.53 Å². The maximum atomic E-state index is 12.4. The highest BCUT2D eigenvalue weighted by Gasteiger charge is 2.15. The number of aromatic nitrogens is 4. The highest BCUT2D eigenvalue weighted by Crippen LogP contribution is 2.27. The van der Waals surface area contributed by atoms with Gasteiger partial charge in [0.05, 0.1) is 11.4 Å². The Labute approximate surface area is 221 Å². The standard InChI is InChI=1S/C25H26BrN5O2S2/c1-25(2,3)17-7-11-19(12-8-17)33-13-21-29-30-24(31(21)4)35-15-22(32)28-23-27-20(14-34-23)16-5-9-18(26)10-6-16/h5-12,14H,13,15H2,1-4H3,(H,27,28,32). The van der Waals surface area contributed by atoms with Gasteiger partial charge in [-0.25, -0.2) is 4.98 Å². The molecule has 0 aliphatic rings. The van der Waals surface area contributed by atoms with Crippen molar-refractivity contribution in [2.45, 2.75) is 37.9 Å². The fourth-order valence-corrected chi connectivity index (χ4v) is 4.90. The summed E-state index contributed by atoms with van der Waals surface area (Å²) in [7, 11) is 1.87. The van der Waals surface area contributed by atoms with Crippen LogP contribution in [0.2, 0.25) is 0 Å². The van der Waals surface area contributed by atoms with Gasteiger partial charge in [0.1, 0.15) is 12.4 Å². The monoisotopic (exact) mass is 571 g/mol. The van der Waals surface area contributed by atoms with Crippen molar-refractivity contribution in [1.82, 2.24) is 19.7 Å². The third kappa shape index (κ3) is 6.71. The molecule has 0 unspecified atom stereocenters. The van der Waals surface area contributed by atoms with Crippen molar-refractivity contribution in [2.24, 2.45) is 7.05 Å².